The maximum atomic E-state index is 12.1. The lowest BCUT2D eigenvalue weighted by Gasteiger charge is -2.15. The Morgan fingerprint density at radius 2 is 2.00 bits per heavy atom. The highest BCUT2D eigenvalue weighted by Gasteiger charge is 2.22. The summed E-state index contributed by atoms with van der Waals surface area (Å²) in [6.07, 6.45) is 1.60. The summed E-state index contributed by atoms with van der Waals surface area (Å²) >= 11 is 7.00. The van der Waals surface area contributed by atoms with Crippen LogP contribution in [0.5, 0.6) is 0 Å². The molecule has 0 aliphatic carbocycles. The first-order valence-corrected chi connectivity index (χ1v) is 8.54. The topological polar surface area (TPSA) is 97.1 Å². The largest absolute Gasteiger partial charge is 0.479 e. The van der Waals surface area contributed by atoms with E-state index in [-0.39, 0.29) is 11.8 Å². The van der Waals surface area contributed by atoms with E-state index >= 15 is 0 Å². The van der Waals surface area contributed by atoms with Crippen molar-refractivity contribution in [2.75, 3.05) is 5.75 Å². The minimum absolute atomic E-state index is 0.0444. The van der Waals surface area contributed by atoms with Gasteiger partial charge in [0.05, 0.1) is 5.75 Å². The molecule has 7 nitrogen and oxygen atoms in total. The molecule has 9 heteroatoms. The standard InChI is InChI=1S/C15H17ClN4O3S/c1-9(2)20-8-17-19-15(20)24-7-12(21)18-13(14(22)23)10-3-5-11(16)6-4-10/h3-6,8-9,13H,7H2,1-2H3,(H,18,21)(H,22,23)/t13-/m0/s1. The quantitative estimate of drug-likeness (QED) is 0.729. The number of amides is 1. The fourth-order valence-electron chi connectivity index (χ4n) is 1.97. The van der Waals surface area contributed by atoms with Crippen LogP contribution < -0.4 is 5.32 Å². The van der Waals surface area contributed by atoms with Crippen molar-refractivity contribution in [2.45, 2.75) is 31.1 Å². The average Bonchev–Trinajstić information content (AvgIpc) is 3.00. The van der Waals surface area contributed by atoms with Crippen LogP contribution in [0.25, 0.3) is 0 Å². The maximum Gasteiger partial charge on any atom is 0.330 e. The van der Waals surface area contributed by atoms with Gasteiger partial charge in [-0.15, -0.1) is 10.2 Å². The zero-order valence-electron chi connectivity index (χ0n) is 13.1. The zero-order valence-corrected chi connectivity index (χ0v) is 14.7. The summed E-state index contributed by atoms with van der Waals surface area (Å²) in [6, 6.07) is 5.36. The number of nitrogens with one attached hydrogen (secondary N) is 1. The molecule has 0 aliphatic rings. The minimum atomic E-state index is -1.14. The normalized spacial score (nSPS) is 12.2. The lowest BCUT2D eigenvalue weighted by molar-refractivity contribution is -0.141. The molecule has 24 heavy (non-hydrogen) atoms. The number of aliphatic carboxylic acids is 1. The van der Waals surface area contributed by atoms with Crippen molar-refractivity contribution in [2.24, 2.45) is 0 Å². The van der Waals surface area contributed by atoms with Gasteiger partial charge in [0.15, 0.2) is 11.2 Å². The van der Waals surface area contributed by atoms with Crippen LogP contribution >= 0.6 is 23.4 Å². The Kier molecular flexibility index (Phi) is 6.22. The molecular weight excluding hydrogens is 352 g/mol. The number of thioether (sulfide) groups is 1. The molecule has 128 valence electrons. The van der Waals surface area contributed by atoms with Gasteiger partial charge in [0.25, 0.3) is 0 Å². The summed E-state index contributed by atoms with van der Waals surface area (Å²) in [6.45, 7) is 3.96. The molecule has 1 heterocycles. The Morgan fingerprint density at radius 3 is 2.58 bits per heavy atom. The molecular formula is C15H17ClN4O3S. The lowest BCUT2D eigenvalue weighted by atomic mass is 10.1. The zero-order chi connectivity index (χ0) is 17.7. The molecule has 0 spiro atoms. The average molecular weight is 369 g/mol. The Bertz CT molecular complexity index is 718. The molecule has 0 saturated carbocycles. The minimum Gasteiger partial charge on any atom is -0.479 e. The second kappa shape index (κ2) is 8.16. The molecule has 1 aromatic heterocycles. The van der Waals surface area contributed by atoms with Crippen molar-refractivity contribution in [3.63, 3.8) is 0 Å². The van der Waals surface area contributed by atoms with Crippen LogP contribution in [0, 0.1) is 0 Å². The third-order valence-electron chi connectivity index (χ3n) is 3.18. The molecule has 1 atom stereocenters. The van der Waals surface area contributed by atoms with E-state index in [1.54, 1.807) is 30.6 Å². The highest BCUT2D eigenvalue weighted by atomic mass is 35.5. The predicted octanol–water partition coefficient (Wildman–Crippen LogP) is 2.55. The number of carbonyl (C=O) groups excluding carboxylic acids is 1. The van der Waals surface area contributed by atoms with Crippen molar-refractivity contribution < 1.29 is 14.7 Å². The SMILES string of the molecule is CC(C)n1cnnc1SCC(=O)N[C@H](C(=O)O)c1ccc(Cl)cc1. The van der Waals surface area contributed by atoms with Gasteiger partial charge in [0.2, 0.25) is 5.91 Å². The molecule has 0 aliphatic heterocycles. The first-order valence-electron chi connectivity index (χ1n) is 7.18. The predicted molar refractivity (Wildman–Crippen MR) is 91.1 cm³/mol. The maximum absolute atomic E-state index is 12.1. The number of nitrogens with zero attached hydrogens (tertiary/aromatic N) is 3. The van der Waals surface area contributed by atoms with Gasteiger partial charge in [0.1, 0.15) is 6.33 Å². The van der Waals surface area contributed by atoms with E-state index in [2.05, 4.69) is 15.5 Å². The van der Waals surface area contributed by atoms with Crippen LogP contribution in [0.4, 0.5) is 0 Å². The van der Waals surface area contributed by atoms with Crippen LogP contribution in [0.2, 0.25) is 5.02 Å². The summed E-state index contributed by atoms with van der Waals surface area (Å²) in [5.41, 5.74) is 0.454. The number of aromatic nitrogens is 3. The summed E-state index contributed by atoms with van der Waals surface area (Å²) in [4.78, 5) is 23.5. The Balaban J connectivity index is 1.99. The van der Waals surface area contributed by atoms with Gasteiger partial charge in [-0.2, -0.15) is 0 Å². The highest BCUT2D eigenvalue weighted by Crippen LogP contribution is 2.20. The highest BCUT2D eigenvalue weighted by molar-refractivity contribution is 7.99. The van der Waals surface area contributed by atoms with E-state index in [1.807, 2.05) is 18.4 Å². The van der Waals surface area contributed by atoms with Gasteiger partial charge in [-0.25, -0.2) is 4.79 Å². The smallest absolute Gasteiger partial charge is 0.330 e. The number of carboxylic acids is 1. The third kappa shape index (κ3) is 4.72. The first kappa shape index (κ1) is 18.3. The van der Waals surface area contributed by atoms with Crippen LogP contribution in [-0.4, -0.2) is 37.5 Å². The molecule has 2 rings (SSSR count). The van der Waals surface area contributed by atoms with Gasteiger partial charge in [-0.05, 0) is 31.5 Å². The number of hydrogen-bond donors (Lipinski definition) is 2. The third-order valence-corrected chi connectivity index (χ3v) is 4.39. The number of carboxylic acid groups (broad SMARTS) is 1. The summed E-state index contributed by atoms with van der Waals surface area (Å²) in [7, 11) is 0. The van der Waals surface area contributed by atoms with Gasteiger partial charge < -0.3 is 15.0 Å². The van der Waals surface area contributed by atoms with Gasteiger partial charge in [-0.3, -0.25) is 4.79 Å². The number of halogens is 1. The first-order chi connectivity index (χ1) is 11.4. The van der Waals surface area contributed by atoms with Crippen molar-refractivity contribution in [1.29, 1.82) is 0 Å². The van der Waals surface area contributed by atoms with Crippen molar-refractivity contribution in [3.05, 3.63) is 41.2 Å². The Morgan fingerprint density at radius 1 is 1.33 bits per heavy atom. The van der Waals surface area contributed by atoms with Crippen LogP contribution in [0.15, 0.2) is 35.7 Å². The second-order valence-corrected chi connectivity index (χ2v) is 6.67. The molecule has 0 bridgehead atoms. The van der Waals surface area contributed by atoms with Gasteiger partial charge >= 0.3 is 5.97 Å². The molecule has 0 radical (unpaired) electrons. The molecule has 0 unspecified atom stereocenters. The monoisotopic (exact) mass is 368 g/mol. The van der Waals surface area contributed by atoms with Crippen LogP contribution in [-0.2, 0) is 9.59 Å². The Hall–Kier alpha value is -2.06. The number of benzene rings is 1. The van der Waals surface area contributed by atoms with Crippen LogP contribution in [0.1, 0.15) is 31.5 Å². The molecule has 1 aromatic carbocycles. The fourth-order valence-corrected chi connectivity index (χ4v) is 2.95. The van der Waals surface area contributed by atoms with E-state index in [1.165, 1.54) is 11.8 Å². The Labute approximate surface area is 148 Å². The van der Waals surface area contributed by atoms with E-state index in [0.29, 0.717) is 15.7 Å². The van der Waals surface area contributed by atoms with Gasteiger partial charge in [0, 0.05) is 11.1 Å². The van der Waals surface area contributed by atoms with E-state index < -0.39 is 17.9 Å². The molecule has 1 amide bonds. The summed E-state index contributed by atoms with van der Waals surface area (Å²) in [5, 5.41) is 20.7. The number of hydrogen-bond acceptors (Lipinski definition) is 5. The fraction of sp³-hybridized carbons (Fsp3) is 0.333. The molecule has 0 fully saturated rings. The summed E-state index contributed by atoms with van der Waals surface area (Å²) < 4.78 is 1.84. The number of carbonyl (C=O) groups is 2. The second-order valence-electron chi connectivity index (χ2n) is 5.29. The molecule has 2 aromatic rings. The number of rotatable bonds is 7. The molecule has 0 saturated heterocycles. The van der Waals surface area contributed by atoms with E-state index in [0.717, 1.165) is 0 Å². The van der Waals surface area contributed by atoms with E-state index in [9.17, 15) is 14.7 Å². The van der Waals surface area contributed by atoms with Gasteiger partial charge in [-0.1, -0.05) is 35.5 Å². The van der Waals surface area contributed by atoms with Crippen molar-refractivity contribution in [1.82, 2.24) is 20.1 Å². The lowest BCUT2D eigenvalue weighted by Crippen LogP contribution is -2.34. The van der Waals surface area contributed by atoms with Crippen molar-refractivity contribution >= 4 is 35.2 Å². The van der Waals surface area contributed by atoms with E-state index in [4.69, 9.17) is 11.6 Å². The van der Waals surface area contributed by atoms with Crippen molar-refractivity contribution in [3.8, 4) is 0 Å². The summed E-state index contributed by atoms with van der Waals surface area (Å²) in [5.74, 6) is -1.50. The van der Waals surface area contributed by atoms with Crippen LogP contribution in [0.3, 0.4) is 0 Å². The molecule has 2 N–H and O–H groups in total.